The van der Waals surface area contributed by atoms with E-state index in [4.69, 9.17) is 5.11 Å². The molecule has 0 aliphatic carbocycles. The molecule has 0 amide bonds. The molecule has 0 saturated carbocycles. The molecular weight excluding hydrogens is 218 g/mol. The number of allylic oxidation sites excluding steroid dienone is 1. The van der Waals surface area contributed by atoms with Crippen molar-refractivity contribution in [3.8, 4) is 0 Å². The van der Waals surface area contributed by atoms with E-state index in [0.717, 1.165) is 5.56 Å². The van der Waals surface area contributed by atoms with E-state index < -0.39 is 5.97 Å². The normalized spacial score (nSPS) is 10.8. The van der Waals surface area contributed by atoms with Crippen LogP contribution in [0.5, 0.6) is 0 Å². The summed E-state index contributed by atoms with van der Waals surface area (Å²) in [4.78, 5) is 10.6. The van der Waals surface area contributed by atoms with Gasteiger partial charge in [-0.3, -0.25) is 0 Å². The lowest BCUT2D eigenvalue weighted by Gasteiger charge is -1.93. The van der Waals surface area contributed by atoms with Gasteiger partial charge in [0.1, 0.15) is 0 Å². The second-order valence-corrected chi connectivity index (χ2v) is 3.44. The van der Waals surface area contributed by atoms with Crippen molar-refractivity contribution in [2.45, 2.75) is 6.54 Å². The van der Waals surface area contributed by atoms with Crippen LogP contribution < -0.4 is 0 Å². The molecule has 5 heteroatoms. The minimum atomic E-state index is -1.07. The van der Waals surface area contributed by atoms with E-state index in [9.17, 15) is 4.79 Å². The van der Waals surface area contributed by atoms with Crippen LogP contribution in [-0.4, -0.2) is 26.1 Å². The number of hydrogen-bond donors (Lipinski definition) is 1. The third-order valence-electron chi connectivity index (χ3n) is 2.16. The number of carboxylic acids is 1. The average molecular weight is 229 g/mol. The van der Waals surface area contributed by atoms with Gasteiger partial charge >= 0.3 is 5.97 Å². The lowest BCUT2D eigenvalue weighted by Crippen LogP contribution is -1.96. The summed E-state index contributed by atoms with van der Waals surface area (Å²) in [7, 11) is 0. The molecule has 0 aliphatic heterocycles. The Morgan fingerprint density at radius 3 is 2.76 bits per heavy atom. The van der Waals surface area contributed by atoms with Gasteiger partial charge in [-0.15, -0.1) is 5.10 Å². The molecule has 2 rings (SSSR count). The maximum Gasteiger partial charge on any atom is 0.358 e. The number of aromatic carboxylic acids is 1. The highest BCUT2D eigenvalue weighted by molar-refractivity contribution is 5.84. The Hall–Kier alpha value is -2.43. The van der Waals surface area contributed by atoms with E-state index in [1.807, 2.05) is 42.5 Å². The molecule has 1 aromatic carbocycles. The van der Waals surface area contributed by atoms with Crippen molar-refractivity contribution in [1.29, 1.82) is 0 Å². The molecule has 86 valence electrons. The number of benzene rings is 1. The molecule has 1 heterocycles. The number of rotatable bonds is 4. The van der Waals surface area contributed by atoms with Crippen molar-refractivity contribution in [3.63, 3.8) is 0 Å². The standard InChI is InChI=1S/C12H11N3O2/c16-12(17)11-9-15(14-13-11)8-4-7-10-5-2-1-3-6-10/h1-7,9H,8H2,(H,16,17). The number of carboxylic acid groups (broad SMARTS) is 1. The molecule has 2 aromatic rings. The van der Waals surface area contributed by atoms with Crippen molar-refractivity contribution < 1.29 is 9.90 Å². The lowest BCUT2D eigenvalue weighted by molar-refractivity contribution is 0.0690. The summed E-state index contributed by atoms with van der Waals surface area (Å²) in [6, 6.07) is 9.84. The van der Waals surface area contributed by atoms with Gasteiger partial charge in [0.25, 0.3) is 0 Å². The highest BCUT2D eigenvalue weighted by Crippen LogP contribution is 2.01. The van der Waals surface area contributed by atoms with Gasteiger partial charge < -0.3 is 5.11 Å². The molecule has 0 radical (unpaired) electrons. The molecule has 0 atom stereocenters. The number of aromatic nitrogens is 3. The third-order valence-corrected chi connectivity index (χ3v) is 2.16. The number of carbonyl (C=O) groups is 1. The summed E-state index contributed by atoms with van der Waals surface area (Å²) in [5.74, 6) is -1.07. The zero-order chi connectivity index (χ0) is 12.1. The zero-order valence-corrected chi connectivity index (χ0v) is 9.02. The number of nitrogens with zero attached hydrogens (tertiary/aromatic N) is 3. The van der Waals surface area contributed by atoms with Crippen molar-refractivity contribution in [2.75, 3.05) is 0 Å². The molecule has 0 fully saturated rings. The SMILES string of the molecule is O=C(O)c1cn(CC=Cc2ccccc2)nn1. The van der Waals surface area contributed by atoms with Crippen molar-refractivity contribution >= 4 is 12.0 Å². The van der Waals surface area contributed by atoms with Gasteiger partial charge in [0.15, 0.2) is 5.69 Å². The van der Waals surface area contributed by atoms with Gasteiger partial charge in [0.05, 0.1) is 12.7 Å². The van der Waals surface area contributed by atoms with Gasteiger partial charge in [0.2, 0.25) is 0 Å². The first kappa shape index (κ1) is 11.1. The Morgan fingerprint density at radius 1 is 1.35 bits per heavy atom. The predicted octanol–water partition coefficient (Wildman–Crippen LogP) is 1.69. The van der Waals surface area contributed by atoms with Crippen LogP contribution in [0.1, 0.15) is 16.1 Å². The lowest BCUT2D eigenvalue weighted by atomic mass is 10.2. The van der Waals surface area contributed by atoms with Crippen molar-refractivity contribution in [3.05, 3.63) is 53.9 Å². The molecule has 1 N–H and O–H groups in total. The van der Waals surface area contributed by atoms with Crippen LogP contribution in [0.2, 0.25) is 0 Å². The van der Waals surface area contributed by atoms with Gasteiger partial charge in [0, 0.05) is 0 Å². The van der Waals surface area contributed by atoms with E-state index in [1.54, 1.807) is 0 Å². The predicted molar refractivity (Wildman–Crippen MR) is 62.5 cm³/mol. The third kappa shape index (κ3) is 3.01. The van der Waals surface area contributed by atoms with Crippen LogP contribution in [0.15, 0.2) is 42.6 Å². The molecule has 5 nitrogen and oxygen atoms in total. The second kappa shape index (κ2) is 5.07. The Morgan fingerprint density at radius 2 is 2.12 bits per heavy atom. The molecule has 0 unspecified atom stereocenters. The van der Waals surface area contributed by atoms with E-state index in [1.165, 1.54) is 10.9 Å². The zero-order valence-electron chi connectivity index (χ0n) is 9.02. The smallest absolute Gasteiger partial charge is 0.358 e. The largest absolute Gasteiger partial charge is 0.476 e. The summed E-state index contributed by atoms with van der Waals surface area (Å²) in [5, 5.41) is 15.9. The number of hydrogen-bond acceptors (Lipinski definition) is 3. The first-order valence-corrected chi connectivity index (χ1v) is 5.11. The topological polar surface area (TPSA) is 68.0 Å². The van der Waals surface area contributed by atoms with Gasteiger partial charge in [-0.05, 0) is 5.56 Å². The highest BCUT2D eigenvalue weighted by atomic mass is 16.4. The van der Waals surface area contributed by atoms with Gasteiger partial charge in [-0.2, -0.15) is 0 Å². The fourth-order valence-corrected chi connectivity index (χ4v) is 1.35. The van der Waals surface area contributed by atoms with Crippen LogP contribution >= 0.6 is 0 Å². The molecule has 17 heavy (non-hydrogen) atoms. The fourth-order valence-electron chi connectivity index (χ4n) is 1.35. The average Bonchev–Trinajstić information content (AvgIpc) is 2.79. The molecule has 1 aromatic heterocycles. The van der Waals surface area contributed by atoms with E-state index in [0.29, 0.717) is 6.54 Å². The first-order valence-electron chi connectivity index (χ1n) is 5.11. The first-order chi connectivity index (χ1) is 8.25. The minimum absolute atomic E-state index is 0.0434. The summed E-state index contributed by atoms with van der Waals surface area (Å²) < 4.78 is 1.48. The van der Waals surface area contributed by atoms with Gasteiger partial charge in [-0.1, -0.05) is 47.7 Å². The molecule has 0 spiro atoms. The summed E-state index contributed by atoms with van der Waals surface area (Å²) in [6.07, 6.45) is 5.25. The quantitative estimate of drug-likeness (QED) is 0.866. The molecular formula is C12H11N3O2. The van der Waals surface area contributed by atoms with Crippen LogP contribution in [0.4, 0.5) is 0 Å². The Balaban J connectivity index is 1.98. The summed E-state index contributed by atoms with van der Waals surface area (Å²) in [6.45, 7) is 0.495. The fraction of sp³-hybridized carbons (Fsp3) is 0.0833. The van der Waals surface area contributed by atoms with E-state index in [2.05, 4.69) is 10.3 Å². The van der Waals surface area contributed by atoms with E-state index >= 15 is 0 Å². The Labute approximate surface area is 98.0 Å². The maximum atomic E-state index is 10.6. The summed E-state index contributed by atoms with van der Waals surface area (Å²) >= 11 is 0. The van der Waals surface area contributed by atoms with Crippen molar-refractivity contribution in [1.82, 2.24) is 15.0 Å². The molecule has 0 bridgehead atoms. The van der Waals surface area contributed by atoms with E-state index in [-0.39, 0.29) is 5.69 Å². The van der Waals surface area contributed by atoms with Crippen LogP contribution in [0.3, 0.4) is 0 Å². The van der Waals surface area contributed by atoms with Crippen LogP contribution in [-0.2, 0) is 6.54 Å². The molecule has 0 saturated heterocycles. The maximum absolute atomic E-state index is 10.6. The second-order valence-electron chi connectivity index (χ2n) is 3.44. The Bertz CT molecular complexity index is 532. The Kier molecular flexibility index (Phi) is 3.30. The summed E-state index contributed by atoms with van der Waals surface area (Å²) in [5.41, 5.74) is 1.05. The highest BCUT2D eigenvalue weighted by Gasteiger charge is 2.06. The molecule has 0 aliphatic rings. The van der Waals surface area contributed by atoms with Crippen molar-refractivity contribution in [2.24, 2.45) is 0 Å². The van der Waals surface area contributed by atoms with Crippen LogP contribution in [0.25, 0.3) is 6.08 Å². The minimum Gasteiger partial charge on any atom is -0.476 e. The van der Waals surface area contributed by atoms with Gasteiger partial charge in [-0.25, -0.2) is 9.48 Å². The van der Waals surface area contributed by atoms with Crippen LogP contribution in [0, 0.1) is 0 Å². The monoisotopic (exact) mass is 229 g/mol.